The number of carboxylic acids is 3. The Morgan fingerprint density at radius 1 is 1.05 bits per heavy atom. The van der Waals surface area contributed by atoms with Gasteiger partial charge in [-0.1, -0.05) is 0 Å². The highest BCUT2D eigenvalue weighted by Gasteiger charge is 2.16. The van der Waals surface area contributed by atoms with Crippen molar-refractivity contribution in [1.29, 1.82) is 0 Å². The Labute approximate surface area is 125 Å². The molecule has 2 amide bonds. The van der Waals surface area contributed by atoms with Crippen LogP contribution in [0.1, 0.15) is 19.3 Å². The number of carbonyl (C=O) groups is 4. The van der Waals surface area contributed by atoms with E-state index in [2.05, 4.69) is 5.32 Å². The number of hydrogen-bond donors (Lipinski definition) is 8. The third-order valence-electron chi connectivity index (χ3n) is 1.96. The number of carbonyl (C=O) groups excluding carboxylic acids is 1. The van der Waals surface area contributed by atoms with Crippen LogP contribution in [0.2, 0.25) is 0 Å². The van der Waals surface area contributed by atoms with E-state index < -0.39 is 42.5 Å². The van der Waals surface area contributed by atoms with Crippen molar-refractivity contribution in [1.82, 2.24) is 11.5 Å². The number of hydrogen-bond acceptors (Lipinski definition) is 7. The van der Waals surface area contributed by atoms with E-state index in [-0.39, 0.29) is 6.15 Å². The lowest BCUT2D eigenvalue weighted by atomic mass is 10.2. The molecule has 0 rings (SSSR count). The van der Waals surface area contributed by atoms with E-state index in [1.807, 2.05) is 0 Å². The van der Waals surface area contributed by atoms with Gasteiger partial charge >= 0.3 is 23.9 Å². The first-order valence-corrected chi connectivity index (χ1v) is 5.72. The molecule has 0 aliphatic carbocycles. The molecule has 0 fully saturated rings. The molecule has 12 nitrogen and oxygen atoms in total. The highest BCUT2D eigenvalue weighted by molar-refractivity contribution is 5.79. The van der Waals surface area contributed by atoms with Crippen molar-refractivity contribution in [3.63, 3.8) is 0 Å². The predicted molar refractivity (Wildman–Crippen MR) is 73.3 cm³/mol. The summed E-state index contributed by atoms with van der Waals surface area (Å²) in [5, 5.41) is 34.8. The second kappa shape index (κ2) is 13.5. The van der Waals surface area contributed by atoms with Crippen LogP contribution < -0.4 is 22.9 Å². The van der Waals surface area contributed by atoms with Crippen LogP contribution in [0, 0.1) is 0 Å². The van der Waals surface area contributed by atoms with Gasteiger partial charge in [0.25, 0.3) is 0 Å². The summed E-state index contributed by atoms with van der Waals surface area (Å²) in [5.74, 6) is -3.88. The van der Waals surface area contributed by atoms with Crippen LogP contribution in [-0.4, -0.2) is 63.1 Å². The van der Waals surface area contributed by atoms with Crippen molar-refractivity contribution in [3.05, 3.63) is 0 Å². The standard InChI is InChI=1S/C6H13N3O3.C4H6O5.H3N/c7-4(5(10)11)2-1-3-9-6(8)12;5-2(4(8)9)1-3(6)7;/h4H,1-3,7H2,(H,10,11)(H3,8,9,12);2,5H,1H2,(H,6,7)(H,8,9);1H3/t4-;;/m0../s1. The van der Waals surface area contributed by atoms with E-state index in [1.54, 1.807) is 0 Å². The van der Waals surface area contributed by atoms with E-state index in [1.165, 1.54) is 0 Å². The van der Waals surface area contributed by atoms with Crippen LogP contribution in [-0.2, 0) is 14.4 Å². The minimum atomic E-state index is -1.79. The minimum absolute atomic E-state index is 0. The maximum Gasteiger partial charge on any atom is 0.333 e. The summed E-state index contributed by atoms with van der Waals surface area (Å²) < 4.78 is 0. The minimum Gasteiger partial charge on any atom is -0.481 e. The third-order valence-corrected chi connectivity index (χ3v) is 1.96. The van der Waals surface area contributed by atoms with Gasteiger partial charge in [-0.3, -0.25) is 9.59 Å². The Morgan fingerprint density at radius 3 is 1.82 bits per heavy atom. The summed E-state index contributed by atoms with van der Waals surface area (Å²) in [5.41, 5.74) is 9.96. The maximum absolute atomic E-state index is 10.2. The molecule has 12 heteroatoms. The highest BCUT2D eigenvalue weighted by Crippen LogP contribution is 1.92. The van der Waals surface area contributed by atoms with Crippen LogP contribution in [0.5, 0.6) is 0 Å². The fourth-order valence-corrected chi connectivity index (χ4v) is 0.910. The van der Waals surface area contributed by atoms with Crippen molar-refractivity contribution in [2.45, 2.75) is 31.4 Å². The molecule has 130 valence electrons. The Hall–Kier alpha value is -2.44. The van der Waals surface area contributed by atoms with E-state index in [0.29, 0.717) is 19.4 Å². The zero-order valence-corrected chi connectivity index (χ0v) is 11.8. The number of aliphatic hydroxyl groups excluding tert-OH is 1. The number of nitrogens with one attached hydrogen (secondary N) is 1. The van der Waals surface area contributed by atoms with Crippen LogP contribution in [0.25, 0.3) is 0 Å². The molecule has 0 aromatic rings. The lowest BCUT2D eigenvalue weighted by Crippen LogP contribution is -2.33. The summed E-state index contributed by atoms with van der Waals surface area (Å²) in [7, 11) is 0. The van der Waals surface area contributed by atoms with Crippen LogP contribution >= 0.6 is 0 Å². The van der Waals surface area contributed by atoms with E-state index >= 15 is 0 Å². The number of aliphatic hydroxyl groups is 1. The maximum atomic E-state index is 10.2. The van der Waals surface area contributed by atoms with Crippen LogP contribution in [0.3, 0.4) is 0 Å². The van der Waals surface area contributed by atoms with Crippen molar-refractivity contribution in [2.75, 3.05) is 6.54 Å². The number of amides is 2. The molecule has 1 unspecified atom stereocenters. The lowest BCUT2D eigenvalue weighted by Gasteiger charge is -2.05. The number of primary amides is 1. The molecule has 0 radical (unpaired) electrons. The van der Waals surface area contributed by atoms with E-state index in [0.717, 1.165) is 0 Å². The third kappa shape index (κ3) is 17.6. The second-order valence-corrected chi connectivity index (χ2v) is 3.83. The average molecular weight is 326 g/mol. The van der Waals surface area contributed by atoms with Gasteiger partial charge in [0.1, 0.15) is 6.04 Å². The monoisotopic (exact) mass is 326 g/mol. The van der Waals surface area contributed by atoms with Gasteiger partial charge in [0.15, 0.2) is 6.10 Å². The molecule has 2 atom stereocenters. The first kappa shape index (κ1) is 24.6. The molecule has 0 aromatic carbocycles. The summed E-state index contributed by atoms with van der Waals surface area (Å²) in [6.45, 7) is 0.357. The fourth-order valence-electron chi connectivity index (χ4n) is 0.910. The zero-order valence-electron chi connectivity index (χ0n) is 11.8. The number of carboxylic acid groups (broad SMARTS) is 3. The van der Waals surface area contributed by atoms with Crippen molar-refractivity contribution >= 4 is 23.9 Å². The van der Waals surface area contributed by atoms with Gasteiger partial charge in [-0.25, -0.2) is 9.59 Å². The molecule has 0 aliphatic rings. The number of urea groups is 1. The van der Waals surface area contributed by atoms with Gasteiger partial charge in [0.2, 0.25) is 0 Å². The number of aliphatic carboxylic acids is 3. The summed E-state index contributed by atoms with van der Waals surface area (Å²) in [6, 6.07) is -1.47. The van der Waals surface area contributed by atoms with Crippen molar-refractivity contribution in [3.8, 4) is 0 Å². The average Bonchev–Trinajstić information content (AvgIpc) is 2.33. The van der Waals surface area contributed by atoms with Gasteiger partial charge in [-0.05, 0) is 12.8 Å². The first-order valence-electron chi connectivity index (χ1n) is 5.72. The molecule has 22 heavy (non-hydrogen) atoms. The first-order chi connectivity index (χ1) is 9.57. The molecule has 0 saturated heterocycles. The second-order valence-electron chi connectivity index (χ2n) is 3.83. The summed E-state index contributed by atoms with van der Waals surface area (Å²) in [4.78, 5) is 39.7. The highest BCUT2D eigenvalue weighted by atomic mass is 16.4. The summed E-state index contributed by atoms with van der Waals surface area (Å²) in [6.07, 6.45) is -1.70. The van der Waals surface area contributed by atoms with Gasteiger partial charge in [-0.2, -0.15) is 0 Å². The van der Waals surface area contributed by atoms with E-state index in [9.17, 15) is 19.2 Å². The Balaban J connectivity index is -0.000000326. The largest absolute Gasteiger partial charge is 0.481 e. The Bertz CT molecular complexity index is 376. The normalized spacial score (nSPS) is 11.7. The molecular formula is C10H22N4O8. The predicted octanol–water partition coefficient (Wildman–Crippen LogP) is -2.08. The number of nitrogens with two attached hydrogens (primary N) is 2. The van der Waals surface area contributed by atoms with Crippen LogP contribution in [0.15, 0.2) is 0 Å². The molecule has 0 aromatic heterocycles. The zero-order chi connectivity index (χ0) is 17.0. The van der Waals surface area contributed by atoms with Gasteiger partial charge in [0, 0.05) is 6.54 Å². The molecule has 0 heterocycles. The van der Waals surface area contributed by atoms with Gasteiger partial charge < -0.3 is 43.4 Å². The smallest absolute Gasteiger partial charge is 0.333 e. The summed E-state index contributed by atoms with van der Waals surface area (Å²) >= 11 is 0. The quantitative estimate of drug-likeness (QED) is 0.226. The van der Waals surface area contributed by atoms with Gasteiger partial charge in [0.05, 0.1) is 6.42 Å². The molecule has 0 bridgehead atoms. The molecule has 12 N–H and O–H groups in total. The van der Waals surface area contributed by atoms with Crippen molar-refractivity contribution in [2.24, 2.45) is 11.5 Å². The van der Waals surface area contributed by atoms with Gasteiger partial charge in [-0.15, -0.1) is 0 Å². The fraction of sp³-hybridized carbons (Fsp3) is 0.600. The Kier molecular flexibility index (Phi) is 15.1. The molecular weight excluding hydrogens is 304 g/mol. The number of rotatable bonds is 8. The van der Waals surface area contributed by atoms with E-state index in [4.69, 9.17) is 31.9 Å². The van der Waals surface area contributed by atoms with Crippen molar-refractivity contribution < 1.29 is 39.6 Å². The van der Waals surface area contributed by atoms with Crippen LogP contribution in [0.4, 0.5) is 4.79 Å². The lowest BCUT2D eigenvalue weighted by molar-refractivity contribution is -0.152. The SMILES string of the molecule is N.NC(=O)NCCC[C@H](N)C(=O)O.O=C(O)CC(O)C(=O)O. The molecule has 0 spiro atoms. The molecule has 0 aliphatic heterocycles. The molecule has 0 saturated carbocycles. The topological polar surface area (TPSA) is 248 Å². The Morgan fingerprint density at radius 2 is 1.55 bits per heavy atom.